The Morgan fingerprint density at radius 3 is 1.68 bits per heavy atom. The first-order valence-electron chi connectivity index (χ1n) is 19.6. The molecule has 0 aliphatic carbocycles. The van der Waals surface area contributed by atoms with E-state index < -0.39 is 74.9 Å². The third-order valence-electron chi connectivity index (χ3n) is 9.64. The van der Waals surface area contributed by atoms with Crippen molar-refractivity contribution in [2.45, 2.75) is 44.2 Å². The summed E-state index contributed by atoms with van der Waals surface area (Å²) in [5, 5.41) is 10.3. The first-order valence-corrected chi connectivity index (χ1v) is 21.2. The minimum absolute atomic E-state index is 0.00922. The Labute approximate surface area is 355 Å². The molecule has 0 bridgehead atoms. The Bertz CT molecular complexity index is 2470. The van der Waals surface area contributed by atoms with E-state index in [9.17, 15) is 28.8 Å². The van der Waals surface area contributed by atoms with E-state index >= 15 is 0 Å². The van der Waals surface area contributed by atoms with Gasteiger partial charge in [-0.15, -0.1) is 0 Å². The fourth-order valence-corrected chi connectivity index (χ4v) is 8.37. The summed E-state index contributed by atoms with van der Waals surface area (Å²) in [6, 6.07) is 32.5. The molecule has 4 aromatic carbocycles. The van der Waals surface area contributed by atoms with Gasteiger partial charge in [0.05, 0.1) is 43.9 Å². The van der Waals surface area contributed by atoms with E-state index in [1.807, 2.05) is 0 Å². The predicted molar refractivity (Wildman–Crippen MR) is 222 cm³/mol. The zero-order valence-electron chi connectivity index (χ0n) is 33.5. The summed E-state index contributed by atoms with van der Waals surface area (Å²) in [6.45, 7) is 1.91. The van der Waals surface area contributed by atoms with Crippen LogP contribution in [0.25, 0.3) is 11.2 Å². The maximum absolute atomic E-state index is 14.2. The van der Waals surface area contributed by atoms with E-state index in [1.165, 1.54) is 35.2 Å². The third kappa shape index (κ3) is 9.38. The van der Waals surface area contributed by atoms with Gasteiger partial charge in [0.1, 0.15) is 12.4 Å². The maximum atomic E-state index is 14.2. The number of ether oxygens (including phenoxy) is 4. The predicted octanol–water partition coefficient (Wildman–Crippen LogP) is 6.26. The second kappa shape index (κ2) is 19.9. The van der Waals surface area contributed by atoms with Gasteiger partial charge in [0, 0.05) is 11.1 Å². The minimum atomic E-state index is -4.04. The zero-order chi connectivity index (χ0) is 43.6. The van der Waals surface area contributed by atoms with Gasteiger partial charge >= 0.3 is 19.5 Å². The molecule has 2 amide bonds. The molecule has 17 nitrogen and oxygen atoms in total. The molecular formula is C44H42N5O12P. The molecule has 1 aliphatic heterocycles. The summed E-state index contributed by atoms with van der Waals surface area (Å²) in [4.78, 5) is 70.3. The number of carbonyl (C=O) groups is 4. The smallest absolute Gasteiger partial charge is 0.361 e. The summed E-state index contributed by atoms with van der Waals surface area (Å²) < 4.78 is 50.8. The lowest BCUT2D eigenvalue weighted by Gasteiger charge is -2.27. The Morgan fingerprint density at radius 1 is 0.710 bits per heavy atom. The summed E-state index contributed by atoms with van der Waals surface area (Å²) in [6.07, 6.45) is -3.10. The molecule has 0 saturated carbocycles. The van der Waals surface area contributed by atoms with Crippen molar-refractivity contribution < 1.29 is 56.8 Å². The van der Waals surface area contributed by atoms with Crippen molar-refractivity contribution in [2.75, 3.05) is 31.3 Å². The first kappa shape index (κ1) is 43.6. The molecule has 6 aromatic rings. The number of carbonyl (C=O) groups excluding carboxylic acids is 4. The van der Waals surface area contributed by atoms with Crippen LogP contribution in [0.1, 0.15) is 61.5 Å². The lowest BCUT2D eigenvalue weighted by Crippen LogP contribution is -2.41. The summed E-state index contributed by atoms with van der Waals surface area (Å²) in [7, 11) is -4.04. The average molecular weight is 864 g/mol. The summed E-state index contributed by atoms with van der Waals surface area (Å²) >= 11 is 0. The molecule has 0 radical (unpaired) electrons. The molecule has 7 rings (SSSR count). The van der Waals surface area contributed by atoms with Crippen LogP contribution in [0.3, 0.4) is 0 Å². The quantitative estimate of drug-likeness (QED) is 0.0610. The van der Waals surface area contributed by atoms with Gasteiger partial charge in [0.15, 0.2) is 41.3 Å². The van der Waals surface area contributed by atoms with Crippen LogP contribution in [0.15, 0.2) is 134 Å². The number of rotatable bonds is 17. The van der Waals surface area contributed by atoms with Crippen LogP contribution in [0.2, 0.25) is 0 Å². The molecular weight excluding hydrogens is 821 g/mol. The fraction of sp³-hybridized carbons (Fsp3) is 0.250. The van der Waals surface area contributed by atoms with E-state index in [-0.39, 0.29) is 52.4 Å². The number of amides is 2. The number of imidazole rings is 1. The molecule has 320 valence electrons. The van der Waals surface area contributed by atoms with Gasteiger partial charge in [-0.2, -0.15) is 0 Å². The van der Waals surface area contributed by atoms with Crippen LogP contribution in [0, 0.1) is 0 Å². The number of aliphatic hydroxyl groups excluding tert-OH is 1. The van der Waals surface area contributed by atoms with Crippen molar-refractivity contribution in [1.82, 2.24) is 19.5 Å². The molecule has 0 spiro atoms. The van der Waals surface area contributed by atoms with Crippen LogP contribution in [0.4, 0.5) is 5.82 Å². The number of aliphatic hydroxyl groups is 1. The highest BCUT2D eigenvalue weighted by Gasteiger charge is 2.52. The molecule has 3 heterocycles. The lowest BCUT2D eigenvalue weighted by molar-refractivity contribution is -0.0813. The second-order valence-electron chi connectivity index (χ2n) is 13.6. The monoisotopic (exact) mass is 863 g/mol. The van der Waals surface area contributed by atoms with Crippen LogP contribution < -0.4 is 4.90 Å². The highest BCUT2D eigenvalue weighted by Crippen LogP contribution is 2.53. The van der Waals surface area contributed by atoms with Crippen molar-refractivity contribution in [2.24, 2.45) is 0 Å². The molecule has 1 N–H and O–H groups in total. The molecule has 5 atom stereocenters. The molecule has 1 saturated heterocycles. The number of imide groups is 1. The molecule has 1 aliphatic rings. The number of nitrogens with zero attached hydrogens (tertiary/aromatic N) is 5. The second-order valence-corrected chi connectivity index (χ2v) is 15.8. The van der Waals surface area contributed by atoms with Crippen LogP contribution in [-0.2, 0) is 32.6 Å². The van der Waals surface area contributed by atoms with Crippen LogP contribution in [-0.4, -0.2) is 99.0 Å². The van der Waals surface area contributed by atoms with Crippen molar-refractivity contribution in [3.63, 3.8) is 0 Å². The van der Waals surface area contributed by atoms with Crippen molar-refractivity contribution in [3.05, 3.63) is 156 Å². The third-order valence-corrected chi connectivity index (χ3v) is 11.9. The Hall–Kier alpha value is -6.46. The van der Waals surface area contributed by atoms with E-state index in [4.69, 9.17) is 28.0 Å². The highest BCUT2D eigenvalue weighted by molar-refractivity contribution is 7.54. The normalized spacial score (nSPS) is 17.9. The van der Waals surface area contributed by atoms with E-state index in [1.54, 1.807) is 111 Å². The topological polar surface area (TPSA) is 208 Å². The van der Waals surface area contributed by atoms with Gasteiger partial charge in [-0.25, -0.2) is 29.4 Å². The van der Waals surface area contributed by atoms with Crippen molar-refractivity contribution >= 4 is 48.3 Å². The van der Waals surface area contributed by atoms with Gasteiger partial charge in [0.2, 0.25) is 0 Å². The highest BCUT2D eigenvalue weighted by atomic mass is 31.2. The molecule has 1 fully saturated rings. The maximum Gasteiger partial charge on any atom is 0.361 e. The molecule has 18 heteroatoms. The number of esters is 2. The zero-order valence-corrected chi connectivity index (χ0v) is 34.4. The number of fused-ring (bicyclic) bond motifs is 1. The average Bonchev–Trinajstić information content (AvgIpc) is 3.88. The summed E-state index contributed by atoms with van der Waals surface area (Å²) in [5.41, 5.74) is 0.757. The molecule has 1 unspecified atom stereocenters. The van der Waals surface area contributed by atoms with E-state index in [0.717, 1.165) is 11.2 Å². The van der Waals surface area contributed by atoms with Gasteiger partial charge < -0.3 is 33.1 Å². The fourth-order valence-electron chi connectivity index (χ4n) is 6.77. The number of hydrogen-bond donors (Lipinski definition) is 1. The SMILES string of the molecule is CCOP(=O)(OCC)C(CO)OC[C@H]1O[C@@H](n2cnc3c(N(C(=O)c4ccccc4)C(=O)c4ccccc4)ncnc32)[C@H](OC(=O)c2ccccc2)[C@@H]1OC(=O)c1ccccc1. The lowest BCUT2D eigenvalue weighted by atomic mass is 10.1. The number of anilines is 1. The summed E-state index contributed by atoms with van der Waals surface area (Å²) in [5.74, 6) is -4.63. The number of aromatic nitrogens is 4. The van der Waals surface area contributed by atoms with Gasteiger partial charge in [0.25, 0.3) is 11.8 Å². The van der Waals surface area contributed by atoms with Crippen molar-refractivity contribution in [1.29, 1.82) is 0 Å². The van der Waals surface area contributed by atoms with Crippen molar-refractivity contribution in [3.8, 4) is 0 Å². The van der Waals surface area contributed by atoms with Gasteiger partial charge in [-0.3, -0.25) is 18.7 Å². The molecule has 2 aromatic heterocycles. The number of benzene rings is 4. The van der Waals surface area contributed by atoms with E-state index in [2.05, 4.69) is 15.0 Å². The first-order chi connectivity index (χ1) is 30.2. The Kier molecular flexibility index (Phi) is 14.0. The number of hydrogen-bond acceptors (Lipinski definition) is 15. The Morgan fingerprint density at radius 2 is 1.19 bits per heavy atom. The van der Waals surface area contributed by atoms with Gasteiger partial charge in [-0.05, 0) is 62.4 Å². The molecule has 62 heavy (non-hydrogen) atoms. The minimum Gasteiger partial charge on any atom is -0.452 e. The van der Waals surface area contributed by atoms with Crippen LogP contribution >= 0.6 is 7.60 Å². The van der Waals surface area contributed by atoms with Crippen LogP contribution in [0.5, 0.6) is 0 Å². The Balaban J connectivity index is 1.33. The van der Waals surface area contributed by atoms with Gasteiger partial charge in [-0.1, -0.05) is 72.8 Å². The van der Waals surface area contributed by atoms with E-state index in [0.29, 0.717) is 0 Å². The standard InChI is InChI=1S/C44H42N5O12P/c1-3-57-62(55,58-4-2)34(25-50)56-26-33-36(60-43(53)31-21-13-7-14-22-31)37(61-44(54)32-23-15-8-16-24-32)42(59-33)48-28-47-35-38(48)45-27-46-39(35)49(40(51)29-17-9-5-10-18-29)41(52)30-19-11-6-12-20-30/h5-24,27-28,33-34,36-37,42,50H,3-4,25-26H2,1-2H3/t33-,34?,36-,37-,42-/m1/s1. The largest absolute Gasteiger partial charge is 0.452 e.